The highest BCUT2D eigenvalue weighted by Gasteiger charge is 2.42. The van der Waals surface area contributed by atoms with E-state index in [1.165, 1.54) is 0 Å². The van der Waals surface area contributed by atoms with Crippen molar-refractivity contribution < 1.29 is 8.42 Å². The number of hydrogen-bond donors (Lipinski definition) is 1. The van der Waals surface area contributed by atoms with Crippen LogP contribution in [0, 0.1) is 0 Å². The van der Waals surface area contributed by atoms with Crippen molar-refractivity contribution in [2.75, 3.05) is 18.6 Å². The molecule has 16 heavy (non-hydrogen) atoms. The minimum atomic E-state index is -2.95. The molecular weight excluding hydrogens is 230 g/mol. The van der Waals surface area contributed by atoms with Crippen molar-refractivity contribution in [3.05, 3.63) is 5.82 Å². The van der Waals surface area contributed by atoms with Crippen LogP contribution in [0.1, 0.15) is 19.2 Å². The van der Waals surface area contributed by atoms with Crippen LogP contribution in [0.15, 0.2) is 0 Å². The van der Waals surface area contributed by atoms with Gasteiger partial charge >= 0.3 is 0 Å². The van der Waals surface area contributed by atoms with E-state index in [4.69, 9.17) is 0 Å². The molecule has 7 nitrogen and oxygen atoms in total. The zero-order chi connectivity index (χ0) is 11.8. The van der Waals surface area contributed by atoms with Gasteiger partial charge in [0.25, 0.3) is 0 Å². The Labute approximate surface area is 94.1 Å². The van der Waals surface area contributed by atoms with Crippen LogP contribution in [0.3, 0.4) is 0 Å². The molecule has 8 heteroatoms. The van der Waals surface area contributed by atoms with E-state index in [9.17, 15) is 8.42 Å². The second-order valence-electron chi connectivity index (χ2n) is 4.38. The molecule has 1 N–H and O–H groups in total. The molecule has 0 aliphatic carbocycles. The van der Waals surface area contributed by atoms with Crippen molar-refractivity contribution in [3.63, 3.8) is 0 Å². The summed E-state index contributed by atoms with van der Waals surface area (Å²) in [5, 5.41) is 14.4. The number of tetrazole rings is 1. The summed E-state index contributed by atoms with van der Waals surface area (Å²) < 4.78 is 24.7. The SMILES string of the molecule is CNCc1nnnn1C1(C)CCS(=O)(=O)C1. The monoisotopic (exact) mass is 245 g/mol. The molecule has 1 aromatic heterocycles. The van der Waals surface area contributed by atoms with Crippen LogP contribution in [-0.2, 0) is 21.9 Å². The third-order valence-electron chi connectivity index (χ3n) is 2.86. The van der Waals surface area contributed by atoms with Crippen molar-refractivity contribution in [1.29, 1.82) is 0 Å². The summed E-state index contributed by atoms with van der Waals surface area (Å²) in [6.45, 7) is 2.41. The molecule has 0 radical (unpaired) electrons. The maximum atomic E-state index is 11.5. The Kier molecular flexibility index (Phi) is 2.70. The minimum Gasteiger partial charge on any atom is -0.313 e. The number of aromatic nitrogens is 4. The topological polar surface area (TPSA) is 89.8 Å². The molecule has 1 aromatic rings. The molecule has 0 amide bonds. The van der Waals surface area contributed by atoms with E-state index < -0.39 is 15.4 Å². The highest BCUT2D eigenvalue weighted by atomic mass is 32.2. The quantitative estimate of drug-likeness (QED) is 0.729. The van der Waals surface area contributed by atoms with Gasteiger partial charge in [-0.15, -0.1) is 5.10 Å². The summed E-state index contributed by atoms with van der Waals surface area (Å²) in [6.07, 6.45) is 0.567. The number of nitrogens with one attached hydrogen (secondary N) is 1. The molecule has 0 aromatic carbocycles. The number of nitrogens with zero attached hydrogens (tertiary/aromatic N) is 4. The molecular formula is C8H15N5O2S. The molecule has 1 fully saturated rings. The lowest BCUT2D eigenvalue weighted by Gasteiger charge is -2.23. The summed E-state index contributed by atoms with van der Waals surface area (Å²) in [5.74, 6) is 0.992. The number of sulfone groups is 1. The Morgan fingerprint density at radius 2 is 2.31 bits per heavy atom. The molecule has 1 aliphatic heterocycles. The van der Waals surface area contributed by atoms with Crippen molar-refractivity contribution in [2.45, 2.75) is 25.4 Å². The Balaban J connectivity index is 2.33. The van der Waals surface area contributed by atoms with E-state index in [2.05, 4.69) is 20.8 Å². The van der Waals surface area contributed by atoms with Crippen molar-refractivity contribution in [2.24, 2.45) is 0 Å². The van der Waals surface area contributed by atoms with Crippen LogP contribution in [0.25, 0.3) is 0 Å². The first-order chi connectivity index (χ1) is 7.47. The third-order valence-corrected chi connectivity index (χ3v) is 4.75. The van der Waals surface area contributed by atoms with Gasteiger partial charge in [-0.2, -0.15) is 0 Å². The molecule has 1 unspecified atom stereocenters. The zero-order valence-electron chi connectivity index (χ0n) is 9.34. The fourth-order valence-corrected chi connectivity index (χ4v) is 4.16. The molecule has 0 saturated carbocycles. The molecule has 1 atom stereocenters. The first-order valence-corrected chi connectivity index (χ1v) is 6.92. The first-order valence-electron chi connectivity index (χ1n) is 5.10. The Morgan fingerprint density at radius 3 is 2.88 bits per heavy atom. The van der Waals surface area contributed by atoms with Crippen molar-refractivity contribution >= 4 is 9.84 Å². The van der Waals surface area contributed by atoms with E-state index in [0.29, 0.717) is 18.8 Å². The van der Waals surface area contributed by atoms with Gasteiger partial charge in [-0.05, 0) is 30.8 Å². The molecule has 0 bridgehead atoms. The Morgan fingerprint density at radius 1 is 1.56 bits per heavy atom. The van der Waals surface area contributed by atoms with Gasteiger partial charge in [0.05, 0.1) is 23.6 Å². The van der Waals surface area contributed by atoms with Crippen LogP contribution in [-0.4, -0.2) is 47.2 Å². The summed E-state index contributed by atoms with van der Waals surface area (Å²) >= 11 is 0. The third kappa shape index (κ3) is 1.94. The van der Waals surface area contributed by atoms with Crippen LogP contribution in [0.5, 0.6) is 0 Å². The first kappa shape index (κ1) is 11.5. The number of hydrogen-bond acceptors (Lipinski definition) is 6. The average molecular weight is 245 g/mol. The van der Waals surface area contributed by atoms with E-state index in [1.54, 1.807) is 11.7 Å². The Hall–Kier alpha value is -1.02. The fourth-order valence-electron chi connectivity index (χ4n) is 2.05. The van der Waals surface area contributed by atoms with Crippen LogP contribution < -0.4 is 5.32 Å². The summed E-state index contributed by atoms with van der Waals surface area (Å²) in [5.41, 5.74) is -0.505. The standard InChI is InChI=1S/C8H15N5O2S/c1-8(3-4-16(14,15)6-8)13-7(5-9-2)10-11-12-13/h9H,3-6H2,1-2H3. The van der Waals surface area contributed by atoms with Gasteiger partial charge in [-0.1, -0.05) is 0 Å². The van der Waals surface area contributed by atoms with Gasteiger partial charge in [0.2, 0.25) is 0 Å². The maximum Gasteiger partial charge on any atom is 0.165 e. The lowest BCUT2D eigenvalue weighted by Crippen LogP contribution is -2.35. The summed E-state index contributed by atoms with van der Waals surface area (Å²) in [4.78, 5) is 0. The van der Waals surface area contributed by atoms with E-state index in [1.807, 2.05) is 6.92 Å². The highest BCUT2D eigenvalue weighted by molar-refractivity contribution is 7.91. The second-order valence-corrected chi connectivity index (χ2v) is 6.56. The predicted octanol–water partition coefficient (Wildman–Crippen LogP) is -1.07. The zero-order valence-corrected chi connectivity index (χ0v) is 10.2. The molecule has 90 valence electrons. The largest absolute Gasteiger partial charge is 0.313 e. The van der Waals surface area contributed by atoms with Gasteiger partial charge < -0.3 is 5.32 Å². The van der Waals surface area contributed by atoms with Crippen molar-refractivity contribution in [3.8, 4) is 0 Å². The fraction of sp³-hybridized carbons (Fsp3) is 0.875. The second kappa shape index (κ2) is 3.77. The average Bonchev–Trinajstić information content (AvgIpc) is 2.73. The Bertz CT molecular complexity index is 482. The molecule has 2 heterocycles. The van der Waals surface area contributed by atoms with E-state index in [-0.39, 0.29) is 11.5 Å². The summed E-state index contributed by atoms with van der Waals surface area (Å²) in [6, 6.07) is 0. The molecule has 1 saturated heterocycles. The van der Waals surface area contributed by atoms with E-state index >= 15 is 0 Å². The van der Waals surface area contributed by atoms with Crippen LogP contribution >= 0.6 is 0 Å². The maximum absolute atomic E-state index is 11.5. The van der Waals surface area contributed by atoms with Gasteiger partial charge in [-0.25, -0.2) is 13.1 Å². The number of rotatable bonds is 3. The van der Waals surface area contributed by atoms with Gasteiger partial charge in [0.1, 0.15) is 0 Å². The minimum absolute atomic E-state index is 0.113. The van der Waals surface area contributed by atoms with Gasteiger partial charge in [-0.3, -0.25) is 0 Å². The van der Waals surface area contributed by atoms with Crippen LogP contribution in [0.4, 0.5) is 0 Å². The molecule has 1 aliphatic rings. The van der Waals surface area contributed by atoms with Gasteiger partial charge in [0.15, 0.2) is 15.7 Å². The lowest BCUT2D eigenvalue weighted by molar-refractivity contribution is 0.309. The lowest BCUT2D eigenvalue weighted by atomic mass is 10.0. The normalized spacial score (nSPS) is 28.4. The van der Waals surface area contributed by atoms with Crippen LogP contribution in [0.2, 0.25) is 0 Å². The van der Waals surface area contributed by atoms with Crippen molar-refractivity contribution in [1.82, 2.24) is 25.5 Å². The molecule has 2 rings (SSSR count). The van der Waals surface area contributed by atoms with Gasteiger partial charge in [0, 0.05) is 0 Å². The predicted molar refractivity (Wildman–Crippen MR) is 57.5 cm³/mol. The smallest absolute Gasteiger partial charge is 0.165 e. The van der Waals surface area contributed by atoms with E-state index in [0.717, 1.165) is 0 Å². The highest BCUT2D eigenvalue weighted by Crippen LogP contribution is 2.30. The molecule has 0 spiro atoms. The summed E-state index contributed by atoms with van der Waals surface area (Å²) in [7, 11) is -1.15.